The number of rotatable bonds is 4. The quantitative estimate of drug-likeness (QED) is 0.863. The monoisotopic (exact) mass is 236 g/mol. The lowest BCUT2D eigenvalue weighted by molar-refractivity contribution is 0.390. The van der Waals surface area contributed by atoms with Gasteiger partial charge in [0.2, 0.25) is 5.88 Å². The van der Waals surface area contributed by atoms with Gasteiger partial charge in [0.15, 0.2) is 0 Å². The van der Waals surface area contributed by atoms with E-state index in [4.69, 9.17) is 10.5 Å². The molecule has 84 valence electrons. The van der Waals surface area contributed by atoms with E-state index in [2.05, 4.69) is 15.2 Å². The molecule has 0 spiro atoms. The topological polar surface area (TPSA) is 73.9 Å². The predicted octanol–water partition coefficient (Wildman–Crippen LogP) is 1.18. The van der Waals surface area contributed by atoms with Crippen molar-refractivity contribution in [3.8, 4) is 5.88 Å². The summed E-state index contributed by atoms with van der Waals surface area (Å²) in [5.74, 6) is 0.494. The maximum Gasteiger partial charge on any atom is 0.233 e. The van der Waals surface area contributed by atoms with Gasteiger partial charge in [-0.3, -0.25) is 4.98 Å². The van der Waals surface area contributed by atoms with Gasteiger partial charge in [0.1, 0.15) is 0 Å². The van der Waals surface area contributed by atoms with Crippen molar-refractivity contribution >= 4 is 11.3 Å². The molecule has 2 aromatic rings. The van der Waals surface area contributed by atoms with E-state index in [1.165, 1.54) is 0 Å². The molecule has 0 aromatic carbocycles. The fourth-order valence-corrected chi connectivity index (χ4v) is 1.96. The van der Waals surface area contributed by atoms with Gasteiger partial charge in [-0.25, -0.2) is 0 Å². The maximum absolute atomic E-state index is 6.01. The Kier molecular flexibility index (Phi) is 3.43. The van der Waals surface area contributed by atoms with E-state index in [9.17, 15) is 0 Å². The zero-order chi connectivity index (χ0) is 11.4. The molecule has 6 heteroatoms. The van der Waals surface area contributed by atoms with E-state index >= 15 is 0 Å². The second-order valence-electron chi connectivity index (χ2n) is 3.28. The van der Waals surface area contributed by atoms with Crippen LogP contribution < -0.4 is 10.5 Å². The number of aromatic nitrogens is 3. The van der Waals surface area contributed by atoms with Crippen molar-refractivity contribution in [2.24, 2.45) is 5.73 Å². The minimum absolute atomic E-state index is 0.154. The van der Waals surface area contributed by atoms with E-state index < -0.39 is 0 Å². The highest BCUT2D eigenvalue weighted by Gasteiger charge is 2.10. The Morgan fingerprint density at radius 1 is 1.44 bits per heavy atom. The molecule has 5 nitrogen and oxygen atoms in total. The first-order chi connectivity index (χ1) is 7.79. The summed E-state index contributed by atoms with van der Waals surface area (Å²) >= 11 is 1.59. The van der Waals surface area contributed by atoms with Crippen LogP contribution in [0.4, 0.5) is 0 Å². The van der Waals surface area contributed by atoms with E-state index in [-0.39, 0.29) is 6.04 Å². The highest BCUT2D eigenvalue weighted by Crippen LogP contribution is 2.17. The largest absolute Gasteiger partial charge is 0.480 e. The first-order valence-corrected chi connectivity index (χ1v) is 5.68. The molecule has 16 heavy (non-hydrogen) atoms. The van der Waals surface area contributed by atoms with Crippen LogP contribution in [-0.4, -0.2) is 22.3 Å². The molecule has 2 N–H and O–H groups in total. The zero-order valence-electron chi connectivity index (χ0n) is 8.83. The molecule has 0 aliphatic rings. The van der Waals surface area contributed by atoms with Gasteiger partial charge < -0.3 is 10.5 Å². The summed E-state index contributed by atoms with van der Waals surface area (Å²) in [6.45, 7) is 0. The molecular weight excluding hydrogens is 224 g/mol. The molecule has 1 atom stereocenters. The first kappa shape index (κ1) is 11.0. The summed E-state index contributed by atoms with van der Waals surface area (Å²) in [4.78, 5) is 5.15. The lowest BCUT2D eigenvalue weighted by Gasteiger charge is -2.08. The van der Waals surface area contributed by atoms with E-state index in [0.29, 0.717) is 5.88 Å². The smallest absolute Gasteiger partial charge is 0.233 e. The Balaban J connectivity index is 2.05. The van der Waals surface area contributed by atoms with Crippen molar-refractivity contribution in [1.82, 2.24) is 15.2 Å². The van der Waals surface area contributed by atoms with Crippen LogP contribution in [0.5, 0.6) is 5.88 Å². The molecule has 0 saturated carbocycles. The lowest BCUT2D eigenvalue weighted by Crippen LogP contribution is -2.15. The average molecular weight is 236 g/mol. The van der Waals surface area contributed by atoms with Crippen LogP contribution in [0, 0.1) is 0 Å². The Morgan fingerprint density at radius 3 is 2.88 bits per heavy atom. The summed E-state index contributed by atoms with van der Waals surface area (Å²) in [6.07, 6.45) is 2.55. The Morgan fingerprint density at radius 2 is 2.31 bits per heavy atom. The Hall–Kier alpha value is -1.53. The van der Waals surface area contributed by atoms with Crippen LogP contribution in [0.1, 0.15) is 16.6 Å². The van der Waals surface area contributed by atoms with Gasteiger partial charge in [0.05, 0.1) is 24.4 Å². The van der Waals surface area contributed by atoms with Gasteiger partial charge in [0, 0.05) is 23.6 Å². The van der Waals surface area contributed by atoms with Crippen molar-refractivity contribution in [2.45, 2.75) is 12.5 Å². The molecule has 1 unspecified atom stereocenters. The van der Waals surface area contributed by atoms with Crippen molar-refractivity contribution in [2.75, 3.05) is 7.11 Å². The second-order valence-corrected chi connectivity index (χ2v) is 4.25. The number of hydrogen-bond donors (Lipinski definition) is 1. The third kappa shape index (κ3) is 2.53. The maximum atomic E-state index is 6.01. The molecule has 0 aliphatic heterocycles. The second kappa shape index (κ2) is 5.00. The van der Waals surface area contributed by atoms with Crippen molar-refractivity contribution in [1.29, 1.82) is 0 Å². The SMILES string of the molecule is COc1ccc(C(N)Cc2cncs2)nn1. The average Bonchev–Trinajstić information content (AvgIpc) is 2.82. The van der Waals surface area contributed by atoms with Gasteiger partial charge in [-0.2, -0.15) is 5.10 Å². The third-order valence-electron chi connectivity index (χ3n) is 2.15. The van der Waals surface area contributed by atoms with Gasteiger partial charge in [-0.15, -0.1) is 16.4 Å². The molecule has 2 rings (SSSR count). The van der Waals surface area contributed by atoms with Crippen LogP contribution in [-0.2, 0) is 6.42 Å². The van der Waals surface area contributed by atoms with E-state index in [1.54, 1.807) is 30.0 Å². The Labute approximate surface area is 97.3 Å². The fraction of sp³-hybridized carbons (Fsp3) is 0.300. The zero-order valence-corrected chi connectivity index (χ0v) is 9.65. The van der Waals surface area contributed by atoms with Crippen molar-refractivity contribution in [3.63, 3.8) is 0 Å². The molecule has 0 bridgehead atoms. The standard InChI is InChI=1S/C10H12N4OS/c1-15-10-3-2-9(13-14-10)8(11)4-7-5-12-6-16-7/h2-3,5-6,8H,4,11H2,1H3. The van der Waals surface area contributed by atoms with Gasteiger partial charge >= 0.3 is 0 Å². The molecule has 0 aliphatic carbocycles. The summed E-state index contributed by atoms with van der Waals surface area (Å²) in [6, 6.07) is 3.44. The predicted molar refractivity (Wildman–Crippen MR) is 61.3 cm³/mol. The van der Waals surface area contributed by atoms with Gasteiger partial charge in [0.25, 0.3) is 0 Å². The molecule has 0 amide bonds. The van der Waals surface area contributed by atoms with Crippen LogP contribution in [0.25, 0.3) is 0 Å². The molecule has 2 heterocycles. The third-order valence-corrected chi connectivity index (χ3v) is 2.96. The number of ether oxygens (including phenoxy) is 1. The van der Waals surface area contributed by atoms with E-state index in [1.807, 2.05) is 12.3 Å². The van der Waals surface area contributed by atoms with Gasteiger partial charge in [-0.05, 0) is 6.07 Å². The molecule has 0 saturated heterocycles. The fourth-order valence-electron chi connectivity index (χ4n) is 1.30. The number of nitrogens with two attached hydrogens (primary N) is 1. The number of hydrogen-bond acceptors (Lipinski definition) is 6. The number of methoxy groups -OCH3 is 1. The molecule has 0 radical (unpaired) electrons. The van der Waals surface area contributed by atoms with Gasteiger partial charge in [-0.1, -0.05) is 0 Å². The lowest BCUT2D eigenvalue weighted by atomic mass is 10.1. The minimum atomic E-state index is -0.154. The Bertz CT molecular complexity index is 429. The summed E-state index contributed by atoms with van der Waals surface area (Å²) < 4.78 is 4.93. The van der Waals surface area contributed by atoms with Crippen LogP contribution in [0.15, 0.2) is 23.8 Å². The van der Waals surface area contributed by atoms with Crippen molar-refractivity contribution < 1.29 is 4.74 Å². The molecular formula is C10H12N4OS. The van der Waals surface area contributed by atoms with Crippen LogP contribution >= 0.6 is 11.3 Å². The number of thiazole rings is 1. The first-order valence-electron chi connectivity index (χ1n) is 4.80. The highest BCUT2D eigenvalue weighted by molar-refractivity contribution is 7.09. The van der Waals surface area contributed by atoms with Crippen LogP contribution in [0.2, 0.25) is 0 Å². The van der Waals surface area contributed by atoms with Crippen molar-refractivity contribution in [3.05, 3.63) is 34.4 Å². The minimum Gasteiger partial charge on any atom is -0.480 e. The summed E-state index contributed by atoms with van der Waals surface area (Å²) in [5, 5.41) is 7.90. The van der Waals surface area contributed by atoms with Crippen LogP contribution in [0.3, 0.4) is 0 Å². The summed E-state index contributed by atoms with van der Waals surface area (Å²) in [7, 11) is 1.56. The molecule has 0 fully saturated rings. The number of nitrogens with zero attached hydrogens (tertiary/aromatic N) is 3. The normalized spacial score (nSPS) is 12.4. The van der Waals surface area contributed by atoms with E-state index in [0.717, 1.165) is 17.0 Å². The summed E-state index contributed by atoms with van der Waals surface area (Å²) in [5.41, 5.74) is 8.57. The highest BCUT2D eigenvalue weighted by atomic mass is 32.1. The molecule has 2 aromatic heterocycles.